The van der Waals surface area contributed by atoms with Gasteiger partial charge in [0.15, 0.2) is 0 Å². The van der Waals surface area contributed by atoms with Gasteiger partial charge in [-0.3, -0.25) is 0 Å². The number of rotatable bonds is 8. The van der Waals surface area contributed by atoms with Crippen LogP contribution in [0, 0.1) is 0 Å². The molecule has 0 bridgehead atoms. The van der Waals surface area contributed by atoms with Crippen LogP contribution >= 0.6 is 0 Å². The Morgan fingerprint density at radius 2 is 1.81 bits per heavy atom. The van der Waals surface area contributed by atoms with Crippen LogP contribution in [0.15, 0.2) is 36.5 Å². The summed E-state index contributed by atoms with van der Waals surface area (Å²) in [6, 6.07) is 10.5. The number of hydrogen-bond acceptors (Lipinski definition) is 6. The fourth-order valence-electron chi connectivity index (χ4n) is 3.16. The van der Waals surface area contributed by atoms with Gasteiger partial charge < -0.3 is 20.4 Å². The number of piperidine rings is 1. The summed E-state index contributed by atoms with van der Waals surface area (Å²) in [7, 11) is 4.16. The Morgan fingerprint density at radius 1 is 1.04 bits per heavy atom. The van der Waals surface area contributed by atoms with Gasteiger partial charge in [0.05, 0.1) is 0 Å². The number of nitrogens with zero attached hydrogens (tertiary/aromatic N) is 4. The first-order chi connectivity index (χ1) is 12.7. The van der Waals surface area contributed by atoms with Crippen LogP contribution in [0.5, 0.6) is 0 Å². The van der Waals surface area contributed by atoms with Crippen LogP contribution in [0.4, 0.5) is 23.1 Å². The normalized spacial score (nSPS) is 14.5. The zero-order valence-corrected chi connectivity index (χ0v) is 15.9. The molecule has 6 nitrogen and oxygen atoms in total. The lowest BCUT2D eigenvalue weighted by molar-refractivity contribution is 0.405. The van der Waals surface area contributed by atoms with Crippen molar-refractivity contribution in [3.8, 4) is 0 Å². The van der Waals surface area contributed by atoms with Crippen molar-refractivity contribution in [2.45, 2.75) is 25.7 Å². The molecule has 2 aromatic rings. The molecule has 1 fully saturated rings. The summed E-state index contributed by atoms with van der Waals surface area (Å²) >= 11 is 0. The van der Waals surface area contributed by atoms with Crippen LogP contribution < -0.4 is 15.5 Å². The lowest BCUT2D eigenvalue weighted by atomic mass is 10.1. The van der Waals surface area contributed by atoms with Crippen molar-refractivity contribution >= 4 is 23.1 Å². The van der Waals surface area contributed by atoms with E-state index in [1.54, 1.807) is 6.20 Å². The van der Waals surface area contributed by atoms with Crippen molar-refractivity contribution in [2.75, 3.05) is 55.8 Å². The summed E-state index contributed by atoms with van der Waals surface area (Å²) in [5.74, 6) is 1.47. The second kappa shape index (κ2) is 9.38. The molecule has 1 aliphatic heterocycles. The van der Waals surface area contributed by atoms with Gasteiger partial charge in [0.2, 0.25) is 5.95 Å². The fourth-order valence-corrected chi connectivity index (χ4v) is 3.16. The summed E-state index contributed by atoms with van der Waals surface area (Å²) < 4.78 is 0. The van der Waals surface area contributed by atoms with E-state index in [4.69, 9.17) is 0 Å². The maximum atomic E-state index is 4.54. The molecule has 2 N–H and O–H groups in total. The minimum absolute atomic E-state index is 0.665. The number of nitrogens with one attached hydrogen (secondary N) is 2. The first-order valence-electron chi connectivity index (χ1n) is 9.54. The molecule has 1 saturated heterocycles. The molecule has 0 aliphatic carbocycles. The molecular formula is C20H30N6. The average molecular weight is 355 g/mol. The standard InChI is InChI=1S/C20H30N6/c1-25(2)14-6-12-21-20-22-13-11-19(24-20)23-17-7-9-18(10-8-17)26-15-4-3-5-16-26/h7-11,13H,3-6,12,14-16H2,1-2H3,(H2,21,22,23,24). The third-order valence-corrected chi connectivity index (χ3v) is 4.58. The van der Waals surface area contributed by atoms with Crippen LogP contribution in [0.3, 0.4) is 0 Å². The molecule has 2 heterocycles. The topological polar surface area (TPSA) is 56.3 Å². The fraction of sp³-hybridized carbons (Fsp3) is 0.500. The predicted octanol–water partition coefficient (Wildman–Crippen LogP) is 3.57. The first-order valence-corrected chi connectivity index (χ1v) is 9.54. The second-order valence-electron chi connectivity index (χ2n) is 7.07. The average Bonchev–Trinajstić information content (AvgIpc) is 2.67. The van der Waals surface area contributed by atoms with E-state index in [1.165, 1.54) is 38.0 Å². The third-order valence-electron chi connectivity index (χ3n) is 4.58. The van der Waals surface area contributed by atoms with E-state index >= 15 is 0 Å². The molecule has 0 spiro atoms. The maximum absolute atomic E-state index is 4.54. The van der Waals surface area contributed by atoms with Crippen molar-refractivity contribution in [2.24, 2.45) is 0 Å². The minimum Gasteiger partial charge on any atom is -0.372 e. The Balaban J connectivity index is 1.54. The molecule has 3 rings (SSSR count). The third kappa shape index (κ3) is 5.59. The van der Waals surface area contributed by atoms with Crippen molar-refractivity contribution in [3.05, 3.63) is 36.5 Å². The molecule has 140 valence electrons. The van der Waals surface area contributed by atoms with Crippen molar-refractivity contribution in [1.82, 2.24) is 14.9 Å². The van der Waals surface area contributed by atoms with Crippen molar-refractivity contribution in [1.29, 1.82) is 0 Å². The summed E-state index contributed by atoms with van der Waals surface area (Å²) in [4.78, 5) is 13.5. The maximum Gasteiger partial charge on any atom is 0.224 e. The van der Waals surface area contributed by atoms with Crippen LogP contribution in [-0.2, 0) is 0 Å². The second-order valence-corrected chi connectivity index (χ2v) is 7.07. The predicted molar refractivity (Wildman–Crippen MR) is 109 cm³/mol. The lowest BCUT2D eigenvalue weighted by Crippen LogP contribution is -2.29. The summed E-state index contributed by atoms with van der Waals surface area (Å²) in [5, 5.41) is 6.65. The number of benzene rings is 1. The first kappa shape index (κ1) is 18.5. The largest absolute Gasteiger partial charge is 0.372 e. The van der Waals surface area contributed by atoms with Crippen LogP contribution in [0.25, 0.3) is 0 Å². The Labute approximate surface area is 156 Å². The molecule has 1 aromatic carbocycles. The molecule has 0 atom stereocenters. The number of hydrogen-bond donors (Lipinski definition) is 2. The van der Waals surface area contributed by atoms with E-state index in [0.717, 1.165) is 31.0 Å². The Kier molecular flexibility index (Phi) is 6.66. The van der Waals surface area contributed by atoms with Gasteiger partial charge in [-0.05, 0) is 76.7 Å². The Bertz CT molecular complexity index is 664. The SMILES string of the molecule is CN(C)CCCNc1nccc(Nc2ccc(N3CCCCC3)cc2)n1. The molecule has 0 saturated carbocycles. The smallest absolute Gasteiger partial charge is 0.224 e. The van der Waals surface area contributed by atoms with E-state index in [-0.39, 0.29) is 0 Å². The summed E-state index contributed by atoms with van der Waals surface area (Å²) in [6.07, 6.45) is 6.80. The molecule has 0 radical (unpaired) electrons. The van der Waals surface area contributed by atoms with Gasteiger partial charge >= 0.3 is 0 Å². The van der Waals surface area contributed by atoms with E-state index in [0.29, 0.717) is 5.95 Å². The molecule has 26 heavy (non-hydrogen) atoms. The van der Waals surface area contributed by atoms with E-state index in [9.17, 15) is 0 Å². The van der Waals surface area contributed by atoms with E-state index in [1.807, 2.05) is 6.07 Å². The highest BCUT2D eigenvalue weighted by molar-refractivity contribution is 5.61. The van der Waals surface area contributed by atoms with Gasteiger partial charge in [-0.2, -0.15) is 4.98 Å². The lowest BCUT2D eigenvalue weighted by Gasteiger charge is -2.28. The molecule has 1 aliphatic rings. The summed E-state index contributed by atoms with van der Waals surface area (Å²) in [5.41, 5.74) is 2.35. The van der Waals surface area contributed by atoms with Crippen LogP contribution in [0.1, 0.15) is 25.7 Å². The quantitative estimate of drug-likeness (QED) is 0.707. The summed E-state index contributed by atoms with van der Waals surface area (Å²) in [6.45, 7) is 4.25. The van der Waals surface area contributed by atoms with Crippen molar-refractivity contribution in [3.63, 3.8) is 0 Å². The van der Waals surface area contributed by atoms with Gasteiger partial charge in [-0.15, -0.1) is 0 Å². The number of anilines is 4. The molecule has 6 heteroatoms. The van der Waals surface area contributed by atoms with Crippen LogP contribution in [0.2, 0.25) is 0 Å². The van der Waals surface area contributed by atoms with Gasteiger partial charge in [0, 0.05) is 37.2 Å². The van der Waals surface area contributed by atoms with Gasteiger partial charge in [-0.1, -0.05) is 0 Å². The molecular weight excluding hydrogens is 324 g/mol. The van der Waals surface area contributed by atoms with Crippen molar-refractivity contribution < 1.29 is 0 Å². The Morgan fingerprint density at radius 3 is 2.54 bits per heavy atom. The van der Waals surface area contributed by atoms with Gasteiger partial charge in [-0.25, -0.2) is 4.98 Å². The molecule has 0 amide bonds. The van der Waals surface area contributed by atoms with E-state index < -0.39 is 0 Å². The highest BCUT2D eigenvalue weighted by Gasteiger charge is 2.10. The van der Waals surface area contributed by atoms with Crippen LogP contribution in [-0.4, -0.2) is 55.1 Å². The monoisotopic (exact) mass is 354 g/mol. The highest BCUT2D eigenvalue weighted by Crippen LogP contribution is 2.23. The number of aromatic nitrogens is 2. The Hall–Kier alpha value is -2.34. The highest BCUT2D eigenvalue weighted by atomic mass is 15.1. The van der Waals surface area contributed by atoms with Gasteiger partial charge in [0.25, 0.3) is 0 Å². The van der Waals surface area contributed by atoms with E-state index in [2.05, 4.69) is 68.8 Å². The minimum atomic E-state index is 0.665. The molecule has 1 aromatic heterocycles. The van der Waals surface area contributed by atoms with Gasteiger partial charge in [0.1, 0.15) is 5.82 Å². The zero-order valence-electron chi connectivity index (χ0n) is 15.9. The molecule has 0 unspecified atom stereocenters. The zero-order chi connectivity index (χ0) is 18.2.